The Morgan fingerprint density at radius 2 is 2.00 bits per heavy atom. The van der Waals surface area contributed by atoms with Crippen LogP contribution in [0, 0.1) is 5.82 Å². The molecule has 0 unspecified atom stereocenters. The predicted octanol–water partition coefficient (Wildman–Crippen LogP) is 3.08. The lowest BCUT2D eigenvalue weighted by molar-refractivity contribution is -0.134. The molecule has 0 saturated heterocycles. The molecule has 102 valence electrons. The van der Waals surface area contributed by atoms with E-state index in [4.69, 9.17) is 9.63 Å². The van der Waals surface area contributed by atoms with Gasteiger partial charge in [0.25, 0.3) is 5.89 Å². The first-order chi connectivity index (χ1) is 8.85. The van der Waals surface area contributed by atoms with Gasteiger partial charge in [0, 0.05) is 12.0 Å². The van der Waals surface area contributed by atoms with Crippen molar-refractivity contribution in [1.29, 1.82) is 0 Å². The fourth-order valence-corrected chi connectivity index (χ4v) is 1.37. The highest BCUT2D eigenvalue weighted by Gasteiger charge is 2.27. The predicted molar refractivity (Wildman–Crippen MR) is 55.7 cm³/mol. The van der Waals surface area contributed by atoms with E-state index in [-0.39, 0.29) is 17.3 Å². The summed E-state index contributed by atoms with van der Waals surface area (Å²) >= 11 is 0. The van der Waals surface area contributed by atoms with Crippen LogP contribution in [0.5, 0.6) is 5.75 Å². The molecule has 1 aromatic heterocycles. The van der Waals surface area contributed by atoms with Crippen molar-refractivity contribution in [1.82, 2.24) is 10.1 Å². The van der Waals surface area contributed by atoms with E-state index in [1.54, 1.807) is 0 Å². The van der Waals surface area contributed by atoms with Crippen LogP contribution >= 0.6 is 0 Å². The second-order valence-corrected chi connectivity index (χ2v) is 3.80. The van der Waals surface area contributed by atoms with Crippen LogP contribution in [-0.4, -0.2) is 21.4 Å². The van der Waals surface area contributed by atoms with Gasteiger partial charge in [0.1, 0.15) is 0 Å². The van der Waals surface area contributed by atoms with Gasteiger partial charge in [-0.15, -0.1) is 0 Å². The Balaban J connectivity index is 2.14. The molecule has 2 aromatic rings. The Hall–Kier alpha value is -2.12. The zero-order valence-corrected chi connectivity index (χ0v) is 9.41. The van der Waals surface area contributed by atoms with Gasteiger partial charge in [0.15, 0.2) is 17.4 Å². The normalized spacial score (nSPS) is 11.8. The number of phenols is 1. The minimum Gasteiger partial charge on any atom is -0.505 e. The van der Waals surface area contributed by atoms with Gasteiger partial charge in [-0.2, -0.15) is 18.2 Å². The van der Waals surface area contributed by atoms with Crippen molar-refractivity contribution >= 4 is 0 Å². The van der Waals surface area contributed by atoms with E-state index < -0.39 is 30.6 Å². The van der Waals surface area contributed by atoms with Gasteiger partial charge in [-0.1, -0.05) is 5.16 Å². The maximum atomic E-state index is 12.8. The highest BCUT2D eigenvalue weighted by atomic mass is 19.4. The Morgan fingerprint density at radius 3 is 2.63 bits per heavy atom. The first-order valence-electron chi connectivity index (χ1n) is 5.23. The average Bonchev–Trinajstić information content (AvgIpc) is 2.78. The van der Waals surface area contributed by atoms with Gasteiger partial charge in [-0.25, -0.2) is 4.39 Å². The summed E-state index contributed by atoms with van der Waals surface area (Å²) in [6, 6.07) is 3.32. The van der Waals surface area contributed by atoms with Crippen molar-refractivity contribution in [3.8, 4) is 17.2 Å². The number of alkyl halides is 3. The summed E-state index contributed by atoms with van der Waals surface area (Å²) in [5.41, 5.74) is 0.227. The van der Waals surface area contributed by atoms with Crippen LogP contribution in [0.25, 0.3) is 11.5 Å². The van der Waals surface area contributed by atoms with Crippen LogP contribution in [0.1, 0.15) is 12.2 Å². The molecule has 0 atom stereocenters. The van der Waals surface area contributed by atoms with Crippen molar-refractivity contribution in [3.63, 3.8) is 0 Å². The number of nitrogens with zero attached hydrogens (tertiary/aromatic N) is 2. The molecule has 8 heteroatoms. The molecule has 0 spiro atoms. The highest BCUT2D eigenvalue weighted by molar-refractivity contribution is 5.55. The summed E-state index contributed by atoms with van der Waals surface area (Å²) in [5, 5.41) is 12.6. The number of aromatic nitrogens is 2. The lowest BCUT2D eigenvalue weighted by Crippen LogP contribution is -2.09. The van der Waals surface area contributed by atoms with Crippen LogP contribution in [0.3, 0.4) is 0 Å². The molecular weight excluding hydrogens is 268 g/mol. The van der Waals surface area contributed by atoms with Crippen molar-refractivity contribution in [2.75, 3.05) is 0 Å². The summed E-state index contributed by atoms with van der Waals surface area (Å²) in [6.07, 6.45) is -5.75. The van der Waals surface area contributed by atoms with Crippen LogP contribution in [0.15, 0.2) is 22.7 Å². The molecular formula is C11H8F4N2O2. The third-order valence-electron chi connectivity index (χ3n) is 2.29. The molecule has 2 rings (SSSR count). The van der Waals surface area contributed by atoms with Crippen LogP contribution in [0.2, 0.25) is 0 Å². The molecule has 0 saturated carbocycles. The number of aromatic hydroxyl groups is 1. The third-order valence-corrected chi connectivity index (χ3v) is 2.29. The molecule has 0 aliphatic rings. The van der Waals surface area contributed by atoms with E-state index >= 15 is 0 Å². The number of benzene rings is 1. The zero-order chi connectivity index (χ0) is 14.0. The largest absolute Gasteiger partial charge is 0.505 e. The summed E-state index contributed by atoms with van der Waals surface area (Å²) in [5.74, 6) is -1.60. The first-order valence-corrected chi connectivity index (χ1v) is 5.23. The number of aryl methyl sites for hydroxylation is 1. The lowest BCUT2D eigenvalue weighted by atomic mass is 10.2. The molecule has 19 heavy (non-hydrogen) atoms. The second-order valence-electron chi connectivity index (χ2n) is 3.80. The van der Waals surface area contributed by atoms with E-state index in [0.29, 0.717) is 0 Å². The summed E-state index contributed by atoms with van der Waals surface area (Å²) in [6.45, 7) is 0. The molecule has 1 heterocycles. The molecule has 1 N–H and O–H groups in total. The average molecular weight is 276 g/mol. The fraction of sp³-hybridized carbons (Fsp3) is 0.273. The third kappa shape index (κ3) is 3.43. The quantitative estimate of drug-likeness (QED) is 0.875. The molecule has 0 amide bonds. The number of rotatable bonds is 3. The van der Waals surface area contributed by atoms with E-state index in [1.165, 1.54) is 6.07 Å². The zero-order valence-electron chi connectivity index (χ0n) is 9.41. The number of hydrogen-bond donors (Lipinski definition) is 1. The monoisotopic (exact) mass is 276 g/mol. The van der Waals surface area contributed by atoms with Crippen LogP contribution in [0.4, 0.5) is 17.6 Å². The minimum atomic E-state index is -4.30. The van der Waals surface area contributed by atoms with Crippen molar-refractivity contribution in [2.24, 2.45) is 0 Å². The fourth-order valence-electron chi connectivity index (χ4n) is 1.37. The summed E-state index contributed by atoms with van der Waals surface area (Å²) in [4.78, 5) is 3.74. The van der Waals surface area contributed by atoms with Gasteiger partial charge in [-0.3, -0.25) is 0 Å². The van der Waals surface area contributed by atoms with E-state index in [1.807, 2.05) is 0 Å². The Morgan fingerprint density at radius 1 is 1.26 bits per heavy atom. The minimum absolute atomic E-state index is 0.0764. The lowest BCUT2D eigenvalue weighted by Gasteiger charge is -2.01. The van der Waals surface area contributed by atoms with Crippen molar-refractivity contribution < 1.29 is 27.2 Å². The number of phenolic OH excluding ortho intramolecular Hbond substituents is 1. The Kier molecular flexibility index (Phi) is 3.41. The van der Waals surface area contributed by atoms with Gasteiger partial charge < -0.3 is 9.63 Å². The van der Waals surface area contributed by atoms with E-state index in [2.05, 4.69) is 10.1 Å². The smallest absolute Gasteiger partial charge is 0.389 e. The summed E-state index contributed by atoms with van der Waals surface area (Å²) in [7, 11) is 0. The highest BCUT2D eigenvalue weighted by Crippen LogP contribution is 2.25. The van der Waals surface area contributed by atoms with E-state index in [9.17, 15) is 17.6 Å². The van der Waals surface area contributed by atoms with Crippen molar-refractivity contribution in [2.45, 2.75) is 19.0 Å². The molecule has 4 nitrogen and oxygen atoms in total. The maximum Gasteiger partial charge on any atom is 0.389 e. The molecule has 0 fully saturated rings. The van der Waals surface area contributed by atoms with Crippen LogP contribution < -0.4 is 0 Å². The number of hydrogen-bond acceptors (Lipinski definition) is 4. The summed E-state index contributed by atoms with van der Waals surface area (Å²) < 4.78 is 53.6. The Labute approximate surface area is 104 Å². The molecule has 0 aliphatic carbocycles. The molecule has 1 aromatic carbocycles. The molecule has 0 aliphatic heterocycles. The van der Waals surface area contributed by atoms with Crippen LogP contribution in [-0.2, 0) is 6.42 Å². The topological polar surface area (TPSA) is 59.2 Å². The standard InChI is InChI=1S/C11H8F4N2O2/c12-7-2-1-6(5-8(7)18)10-16-9(17-19-10)3-4-11(13,14)15/h1-2,5,18H,3-4H2. The Bertz CT molecular complexity index is 580. The maximum absolute atomic E-state index is 12.8. The number of halogens is 4. The van der Waals surface area contributed by atoms with Crippen molar-refractivity contribution in [3.05, 3.63) is 29.8 Å². The van der Waals surface area contributed by atoms with Gasteiger partial charge >= 0.3 is 6.18 Å². The molecule has 0 radical (unpaired) electrons. The molecule has 0 bridgehead atoms. The second kappa shape index (κ2) is 4.87. The van der Waals surface area contributed by atoms with Gasteiger partial charge in [-0.05, 0) is 18.2 Å². The SMILES string of the molecule is Oc1cc(-c2nc(CCC(F)(F)F)no2)ccc1F. The van der Waals surface area contributed by atoms with Gasteiger partial charge in [0.2, 0.25) is 0 Å². The van der Waals surface area contributed by atoms with E-state index in [0.717, 1.165) is 12.1 Å². The van der Waals surface area contributed by atoms with Gasteiger partial charge in [0.05, 0.1) is 6.42 Å². The first kappa shape index (κ1) is 13.3.